The number of carbonyl (C=O) groups is 2. The SMILES string of the molecule is CCc1ccc(OCC(=O)Nc2ccc(C(=O)N3CCc4ccccc43)cc2)cc1. The van der Waals surface area contributed by atoms with Gasteiger partial charge in [0.1, 0.15) is 5.75 Å². The first-order chi connectivity index (χ1) is 14.6. The normalized spacial score (nSPS) is 12.4. The van der Waals surface area contributed by atoms with Crippen molar-refractivity contribution in [3.8, 4) is 5.75 Å². The Kier molecular flexibility index (Phi) is 5.80. The fraction of sp³-hybridized carbons (Fsp3) is 0.200. The van der Waals surface area contributed by atoms with Crippen LogP contribution in [0.1, 0.15) is 28.4 Å². The van der Waals surface area contributed by atoms with Gasteiger partial charge in [-0.3, -0.25) is 9.59 Å². The summed E-state index contributed by atoms with van der Waals surface area (Å²) in [6, 6.07) is 22.6. The van der Waals surface area contributed by atoms with Gasteiger partial charge in [-0.1, -0.05) is 37.3 Å². The molecule has 1 heterocycles. The summed E-state index contributed by atoms with van der Waals surface area (Å²) in [7, 11) is 0. The van der Waals surface area contributed by atoms with Gasteiger partial charge in [0, 0.05) is 23.5 Å². The summed E-state index contributed by atoms with van der Waals surface area (Å²) < 4.78 is 5.53. The molecule has 5 nitrogen and oxygen atoms in total. The van der Waals surface area contributed by atoms with E-state index in [-0.39, 0.29) is 18.4 Å². The van der Waals surface area contributed by atoms with E-state index in [9.17, 15) is 9.59 Å². The number of anilines is 2. The molecule has 0 aromatic heterocycles. The molecule has 0 bridgehead atoms. The molecule has 0 fully saturated rings. The van der Waals surface area contributed by atoms with Crippen molar-refractivity contribution in [2.24, 2.45) is 0 Å². The van der Waals surface area contributed by atoms with Gasteiger partial charge in [-0.05, 0) is 66.4 Å². The Morgan fingerprint density at radius 2 is 1.70 bits per heavy atom. The third-order valence-electron chi connectivity index (χ3n) is 5.25. The molecule has 1 aliphatic heterocycles. The Morgan fingerprint density at radius 3 is 2.43 bits per heavy atom. The molecule has 30 heavy (non-hydrogen) atoms. The van der Waals surface area contributed by atoms with Crippen LogP contribution in [0.3, 0.4) is 0 Å². The smallest absolute Gasteiger partial charge is 0.262 e. The molecule has 0 aliphatic carbocycles. The Hall–Kier alpha value is -3.60. The van der Waals surface area contributed by atoms with E-state index in [1.807, 2.05) is 42.5 Å². The van der Waals surface area contributed by atoms with Crippen molar-refractivity contribution < 1.29 is 14.3 Å². The summed E-state index contributed by atoms with van der Waals surface area (Å²) in [5.74, 6) is 0.382. The van der Waals surface area contributed by atoms with Crippen molar-refractivity contribution in [1.82, 2.24) is 0 Å². The molecule has 0 saturated heterocycles. The van der Waals surface area contributed by atoms with Crippen LogP contribution in [-0.4, -0.2) is 25.0 Å². The summed E-state index contributed by atoms with van der Waals surface area (Å²) in [6.45, 7) is 2.70. The van der Waals surface area contributed by atoms with Gasteiger partial charge in [0.05, 0.1) is 0 Å². The monoisotopic (exact) mass is 400 g/mol. The molecule has 0 unspecified atom stereocenters. The fourth-order valence-electron chi connectivity index (χ4n) is 3.57. The van der Waals surface area contributed by atoms with E-state index in [2.05, 4.69) is 18.3 Å². The zero-order valence-corrected chi connectivity index (χ0v) is 16.9. The van der Waals surface area contributed by atoms with E-state index in [0.29, 0.717) is 23.5 Å². The van der Waals surface area contributed by atoms with Crippen LogP contribution < -0.4 is 15.0 Å². The lowest BCUT2D eigenvalue weighted by Gasteiger charge is -2.17. The Morgan fingerprint density at radius 1 is 0.967 bits per heavy atom. The Balaban J connectivity index is 1.33. The second kappa shape index (κ2) is 8.82. The van der Waals surface area contributed by atoms with Crippen LogP contribution in [0.5, 0.6) is 5.75 Å². The lowest BCUT2D eigenvalue weighted by Crippen LogP contribution is -2.28. The molecule has 1 N–H and O–H groups in total. The fourth-order valence-corrected chi connectivity index (χ4v) is 3.57. The highest BCUT2D eigenvalue weighted by molar-refractivity contribution is 6.07. The maximum atomic E-state index is 12.9. The highest BCUT2D eigenvalue weighted by Crippen LogP contribution is 2.29. The third kappa shape index (κ3) is 4.35. The minimum absolute atomic E-state index is 0.0308. The summed E-state index contributed by atoms with van der Waals surface area (Å²) in [4.78, 5) is 26.8. The number of nitrogens with one attached hydrogen (secondary N) is 1. The predicted molar refractivity (Wildman–Crippen MR) is 118 cm³/mol. The molecule has 0 spiro atoms. The lowest BCUT2D eigenvalue weighted by molar-refractivity contribution is -0.118. The molecular weight excluding hydrogens is 376 g/mol. The molecule has 1 aliphatic rings. The number of benzene rings is 3. The van der Waals surface area contributed by atoms with Crippen LogP contribution >= 0.6 is 0 Å². The van der Waals surface area contributed by atoms with E-state index >= 15 is 0 Å². The number of amides is 2. The summed E-state index contributed by atoms with van der Waals surface area (Å²) in [5, 5.41) is 2.80. The van der Waals surface area contributed by atoms with Gasteiger partial charge < -0.3 is 15.0 Å². The van der Waals surface area contributed by atoms with Crippen molar-refractivity contribution in [3.05, 3.63) is 89.5 Å². The van der Waals surface area contributed by atoms with Crippen LogP contribution in [0.25, 0.3) is 0 Å². The van der Waals surface area contributed by atoms with E-state index < -0.39 is 0 Å². The first-order valence-corrected chi connectivity index (χ1v) is 10.2. The number of aryl methyl sites for hydroxylation is 1. The molecule has 5 heteroatoms. The summed E-state index contributed by atoms with van der Waals surface area (Å²) in [6.07, 6.45) is 1.83. The van der Waals surface area contributed by atoms with Crippen LogP contribution in [0.15, 0.2) is 72.8 Å². The van der Waals surface area contributed by atoms with Gasteiger partial charge in [0.2, 0.25) is 0 Å². The number of rotatable bonds is 6. The molecule has 3 aromatic rings. The first-order valence-electron chi connectivity index (χ1n) is 10.2. The molecule has 4 rings (SSSR count). The number of ether oxygens (including phenoxy) is 1. The quantitative estimate of drug-likeness (QED) is 0.664. The second-order valence-electron chi connectivity index (χ2n) is 7.25. The highest BCUT2D eigenvalue weighted by Gasteiger charge is 2.24. The van der Waals surface area contributed by atoms with Crippen LogP contribution in [-0.2, 0) is 17.6 Å². The summed E-state index contributed by atoms with van der Waals surface area (Å²) >= 11 is 0. The van der Waals surface area contributed by atoms with Crippen LogP contribution in [0, 0.1) is 0 Å². The number of hydrogen-bond donors (Lipinski definition) is 1. The Labute approximate surface area is 176 Å². The molecule has 2 amide bonds. The largest absolute Gasteiger partial charge is 0.484 e. The molecule has 0 saturated carbocycles. The van der Waals surface area contributed by atoms with Gasteiger partial charge in [0.25, 0.3) is 11.8 Å². The van der Waals surface area contributed by atoms with Gasteiger partial charge >= 0.3 is 0 Å². The lowest BCUT2D eigenvalue weighted by atomic mass is 10.1. The maximum Gasteiger partial charge on any atom is 0.262 e. The average Bonchev–Trinajstić information content (AvgIpc) is 3.22. The number of nitrogens with zero attached hydrogens (tertiary/aromatic N) is 1. The van der Waals surface area contributed by atoms with Crippen molar-refractivity contribution >= 4 is 23.2 Å². The number of carbonyl (C=O) groups excluding carboxylic acids is 2. The van der Waals surface area contributed by atoms with Crippen molar-refractivity contribution in [3.63, 3.8) is 0 Å². The zero-order chi connectivity index (χ0) is 20.9. The molecule has 0 radical (unpaired) electrons. The van der Waals surface area contributed by atoms with Crippen molar-refractivity contribution in [1.29, 1.82) is 0 Å². The number of para-hydroxylation sites is 1. The highest BCUT2D eigenvalue weighted by atomic mass is 16.5. The predicted octanol–water partition coefficient (Wildman–Crippen LogP) is 4.47. The minimum Gasteiger partial charge on any atom is -0.484 e. The van der Waals surface area contributed by atoms with Gasteiger partial charge in [-0.15, -0.1) is 0 Å². The van der Waals surface area contributed by atoms with Crippen LogP contribution in [0.4, 0.5) is 11.4 Å². The maximum absolute atomic E-state index is 12.9. The molecule has 3 aromatic carbocycles. The van der Waals surface area contributed by atoms with Crippen molar-refractivity contribution in [2.75, 3.05) is 23.4 Å². The summed E-state index contributed by atoms with van der Waals surface area (Å²) in [5.41, 5.74) is 4.61. The number of fused-ring (bicyclic) bond motifs is 1. The molecule has 0 atom stereocenters. The van der Waals surface area contributed by atoms with Gasteiger partial charge in [0.15, 0.2) is 6.61 Å². The molecular formula is C25H24N2O3. The van der Waals surface area contributed by atoms with Gasteiger partial charge in [-0.2, -0.15) is 0 Å². The number of hydrogen-bond acceptors (Lipinski definition) is 3. The Bertz CT molecular complexity index is 1040. The van der Waals surface area contributed by atoms with E-state index in [1.54, 1.807) is 29.2 Å². The standard InChI is InChI=1S/C25H24N2O3/c1-2-18-7-13-22(14-8-18)30-17-24(28)26-21-11-9-20(10-12-21)25(29)27-16-15-19-5-3-4-6-23(19)27/h3-14H,2,15-17H2,1H3,(H,26,28). The minimum atomic E-state index is -0.248. The van der Waals surface area contributed by atoms with Crippen molar-refractivity contribution in [2.45, 2.75) is 19.8 Å². The van der Waals surface area contributed by atoms with E-state index in [0.717, 1.165) is 18.5 Å². The van der Waals surface area contributed by atoms with E-state index in [1.165, 1.54) is 11.1 Å². The van der Waals surface area contributed by atoms with E-state index in [4.69, 9.17) is 4.74 Å². The second-order valence-corrected chi connectivity index (χ2v) is 7.25. The zero-order valence-electron chi connectivity index (χ0n) is 16.9. The topological polar surface area (TPSA) is 58.6 Å². The third-order valence-corrected chi connectivity index (χ3v) is 5.25. The van der Waals surface area contributed by atoms with Crippen LogP contribution in [0.2, 0.25) is 0 Å². The first kappa shape index (κ1) is 19.7. The van der Waals surface area contributed by atoms with Gasteiger partial charge in [-0.25, -0.2) is 0 Å². The molecule has 152 valence electrons. The average molecular weight is 400 g/mol.